The lowest BCUT2D eigenvalue weighted by molar-refractivity contribution is -0.140. The molecule has 0 spiro atoms. The summed E-state index contributed by atoms with van der Waals surface area (Å²) in [5.41, 5.74) is 0.670. The first kappa shape index (κ1) is 20.7. The summed E-state index contributed by atoms with van der Waals surface area (Å²) in [4.78, 5) is 19.1. The molecule has 0 saturated carbocycles. The van der Waals surface area contributed by atoms with E-state index in [-0.39, 0.29) is 12.5 Å². The molecule has 1 aromatic carbocycles. The highest BCUT2D eigenvalue weighted by molar-refractivity contribution is 7.09. The fourth-order valence-corrected chi connectivity index (χ4v) is 2.88. The Morgan fingerprint density at radius 3 is 2.70 bits per heavy atom. The number of aromatic nitrogens is 1. The second kappa shape index (κ2) is 9.36. The number of hydrogen-bond acceptors (Lipinski definition) is 4. The maximum Gasteiger partial charge on any atom is 0.434 e. The number of guanidine groups is 1. The molecular weight excluding hydrogens is 379 g/mol. The van der Waals surface area contributed by atoms with Crippen molar-refractivity contribution in [3.05, 3.63) is 45.9 Å². The summed E-state index contributed by atoms with van der Waals surface area (Å²) in [5.74, 6) is 0.304. The molecule has 1 heterocycles. The molecule has 146 valence electrons. The normalized spacial score (nSPS) is 12.0. The molecule has 0 aliphatic carbocycles. The predicted octanol–water partition coefficient (Wildman–Crippen LogP) is 3.38. The predicted molar refractivity (Wildman–Crippen MR) is 99.5 cm³/mol. The lowest BCUT2D eigenvalue weighted by Gasteiger charge is -2.10. The fourth-order valence-electron chi connectivity index (χ4n) is 2.14. The standard InChI is InChI=1S/C17H20F3N5OS/c1-3-21-16(23-9-15-25-14(10-27-15)17(18,19)20)22-8-12-5-4-6-13(7-12)24-11(2)26/h4-7,10H,3,8-9H2,1-2H3,(H,24,26)(H2,21,22,23). The molecule has 1 amide bonds. The van der Waals surface area contributed by atoms with Crippen LogP contribution in [-0.2, 0) is 24.1 Å². The van der Waals surface area contributed by atoms with Crippen LogP contribution in [0.1, 0.15) is 30.1 Å². The molecule has 1 aromatic heterocycles. The monoisotopic (exact) mass is 399 g/mol. The molecular formula is C17H20F3N5OS. The van der Waals surface area contributed by atoms with Gasteiger partial charge in [0, 0.05) is 24.5 Å². The number of anilines is 1. The van der Waals surface area contributed by atoms with Crippen LogP contribution in [0.25, 0.3) is 0 Å². The maximum absolute atomic E-state index is 12.6. The minimum Gasteiger partial charge on any atom is -0.357 e. The Morgan fingerprint density at radius 2 is 2.07 bits per heavy atom. The van der Waals surface area contributed by atoms with Crippen molar-refractivity contribution in [2.45, 2.75) is 33.1 Å². The summed E-state index contributed by atoms with van der Waals surface area (Å²) in [6, 6.07) is 7.27. The summed E-state index contributed by atoms with van der Waals surface area (Å²) >= 11 is 0.942. The maximum atomic E-state index is 12.6. The van der Waals surface area contributed by atoms with E-state index in [4.69, 9.17) is 0 Å². The van der Waals surface area contributed by atoms with Crippen molar-refractivity contribution in [3.63, 3.8) is 0 Å². The number of rotatable bonds is 6. The molecule has 0 bridgehead atoms. The van der Waals surface area contributed by atoms with E-state index in [1.807, 2.05) is 25.1 Å². The van der Waals surface area contributed by atoms with Gasteiger partial charge in [-0.05, 0) is 24.6 Å². The quantitative estimate of drug-likeness (QED) is 0.514. The molecule has 2 rings (SSSR count). The topological polar surface area (TPSA) is 78.4 Å². The Bertz CT molecular complexity index is 804. The van der Waals surface area contributed by atoms with E-state index in [1.165, 1.54) is 6.92 Å². The Labute approximate surface area is 158 Å². The lowest BCUT2D eigenvalue weighted by atomic mass is 10.2. The number of nitrogens with one attached hydrogen (secondary N) is 3. The SMILES string of the molecule is CCNC(=NCc1cccc(NC(C)=O)c1)NCc1nc(C(F)(F)F)cs1. The number of thiazole rings is 1. The zero-order valence-electron chi connectivity index (χ0n) is 14.9. The van der Waals surface area contributed by atoms with Crippen LogP contribution in [0, 0.1) is 0 Å². The molecule has 0 fully saturated rings. The zero-order chi connectivity index (χ0) is 19.9. The van der Waals surface area contributed by atoms with Crippen LogP contribution in [0.3, 0.4) is 0 Å². The number of alkyl halides is 3. The van der Waals surface area contributed by atoms with Crippen LogP contribution in [0.15, 0.2) is 34.6 Å². The molecule has 0 atom stereocenters. The minimum atomic E-state index is -4.44. The number of nitrogens with zero attached hydrogens (tertiary/aromatic N) is 2. The van der Waals surface area contributed by atoms with Gasteiger partial charge in [-0.25, -0.2) is 9.98 Å². The van der Waals surface area contributed by atoms with E-state index in [0.717, 1.165) is 22.3 Å². The third kappa shape index (κ3) is 6.89. The highest BCUT2D eigenvalue weighted by Gasteiger charge is 2.33. The van der Waals surface area contributed by atoms with Crippen LogP contribution in [0.2, 0.25) is 0 Å². The van der Waals surface area contributed by atoms with E-state index in [1.54, 1.807) is 6.07 Å². The minimum absolute atomic E-state index is 0.137. The molecule has 2 aromatic rings. The number of amides is 1. The fraction of sp³-hybridized carbons (Fsp3) is 0.353. The van der Waals surface area contributed by atoms with E-state index < -0.39 is 11.9 Å². The highest BCUT2D eigenvalue weighted by atomic mass is 32.1. The second-order valence-corrected chi connectivity index (χ2v) is 6.50. The van der Waals surface area contributed by atoms with Gasteiger partial charge in [0.15, 0.2) is 11.7 Å². The van der Waals surface area contributed by atoms with Crippen LogP contribution < -0.4 is 16.0 Å². The zero-order valence-corrected chi connectivity index (χ0v) is 15.7. The van der Waals surface area contributed by atoms with Gasteiger partial charge in [0.2, 0.25) is 5.91 Å². The van der Waals surface area contributed by atoms with Crippen molar-refractivity contribution in [2.24, 2.45) is 4.99 Å². The van der Waals surface area contributed by atoms with Crippen molar-refractivity contribution in [1.82, 2.24) is 15.6 Å². The van der Waals surface area contributed by atoms with Gasteiger partial charge < -0.3 is 16.0 Å². The van der Waals surface area contributed by atoms with Crippen LogP contribution in [-0.4, -0.2) is 23.4 Å². The summed E-state index contributed by atoms with van der Waals surface area (Å²) in [6.45, 7) is 4.40. The Morgan fingerprint density at radius 1 is 1.30 bits per heavy atom. The van der Waals surface area contributed by atoms with Gasteiger partial charge >= 0.3 is 6.18 Å². The van der Waals surface area contributed by atoms with Gasteiger partial charge in [0.25, 0.3) is 0 Å². The van der Waals surface area contributed by atoms with Crippen LogP contribution >= 0.6 is 11.3 Å². The summed E-state index contributed by atoms with van der Waals surface area (Å²) in [6.07, 6.45) is -4.44. The number of carbonyl (C=O) groups excluding carboxylic acids is 1. The molecule has 27 heavy (non-hydrogen) atoms. The van der Waals surface area contributed by atoms with Gasteiger partial charge in [-0.1, -0.05) is 12.1 Å². The van der Waals surface area contributed by atoms with Crippen LogP contribution in [0.4, 0.5) is 18.9 Å². The number of hydrogen-bond donors (Lipinski definition) is 3. The molecule has 10 heteroatoms. The van der Waals surface area contributed by atoms with Crippen LogP contribution in [0.5, 0.6) is 0 Å². The van der Waals surface area contributed by atoms with Gasteiger partial charge in [0.05, 0.1) is 13.1 Å². The van der Waals surface area contributed by atoms with Gasteiger partial charge in [-0.2, -0.15) is 13.2 Å². The largest absolute Gasteiger partial charge is 0.434 e. The Hall–Kier alpha value is -2.62. The van der Waals surface area contributed by atoms with Crippen molar-refractivity contribution in [3.8, 4) is 0 Å². The molecule has 0 saturated heterocycles. The van der Waals surface area contributed by atoms with Crippen molar-refractivity contribution in [1.29, 1.82) is 0 Å². The number of carbonyl (C=O) groups is 1. The smallest absolute Gasteiger partial charge is 0.357 e. The average Bonchev–Trinajstić information content (AvgIpc) is 3.06. The molecule has 6 nitrogen and oxygen atoms in total. The first-order chi connectivity index (χ1) is 12.8. The third-order valence-corrected chi connectivity index (χ3v) is 4.11. The number of benzene rings is 1. The van der Waals surface area contributed by atoms with E-state index in [9.17, 15) is 18.0 Å². The Kier molecular flexibility index (Phi) is 7.17. The highest BCUT2D eigenvalue weighted by Crippen LogP contribution is 2.29. The van der Waals surface area contributed by atoms with E-state index in [0.29, 0.717) is 29.7 Å². The summed E-state index contributed by atoms with van der Waals surface area (Å²) in [7, 11) is 0. The summed E-state index contributed by atoms with van der Waals surface area (Å²) < 4.78 is 37.8. The van der Waals surface area contributed by atoms with Crippen molar-refractivity contribution >= 4 is 28.9 Å². The van der Waals surface area contributed by atoms with E-state index >= 15 is 0 Å². The number of halogens is 3. The third-order valence-electron chi connectivity index (χ3n) is 3.26. The first-order valence-electron chi connectivity index (χ1n) is 8.18. The van der Waals surface area contributed by atoms with Gasteiger partial charge in [-0.3, -0.25) is 4.79 Å². The van der Waals surface area contributed by atoms with Gasteiger partial charge in [0.1, 0.15) is 5.01 Å². The molecule has 3 N–H and O–H groups in total. The number of aliphatic imine (C=N–C) groups is 1. The molecule has 0 unspecified atom stereocenters. The van der Waals surface area contributed by atoms with Gasteiger partial charge in [-0.15, -0.1) is 11.3 Å². The van der Waals surface area contributed by atoms with E-state index in [2.05, 4.69) is 25.9 Å². The average molecular weight is 399 g/mol. The lowest BCUT2D eigenvalue weighted by Crippen LogP contribution is -2.36. The molecule has 0 radical (unpaired) electrons. The Balaban J connectivity index is 2.00. The van der Waals surface area contributed by atoms with Crippen molar-refractivity contribution < 1.29 is 18.0 Å². The first-order valence-corrected chi connectivity index (χ1v) is 9.06. The van der Waals surface area contributed by atoms with Crippen molar-refractivity contribution in [2.75, 3.05) is 11.9 Å². The molecule has 0 aliphatic heterocycles. The summed E-state index contributed by atoms with van der Waals surface area (Å²) in [5, 5.41) is 10.0. The molecule has 0 aliphatic rings. The second-order valence-electron chi connectivity index (χ2n) is 5.55.